The molecule has 2 aromatic heterocycles. The van der Waals surface area contributed by atoms with E-state index in [-0.39, 0.29) is 0 Å². The summed E-state index contributed by atoms with van der Waals surface area (Å²) >= 11 is 0. The highest BCUT2D eigenvalue weighted by Crippen LogP contribution is 2.21. The number of hydrogen-bond acceptors (Lipinski definition) is 3. The van der Waals surface area contributed by atoms with Gasteiger partial charge >= 0.3 is 0 Å². The molecular weight excluding hydrogens is 276 g/mol. The van der Waals surface area contributed by atoms with Gasteiger partial charge in [0.2, 0.25) is 5.62 Å². The first-order valence-electron chi connectivity index (χ1n) is 7.19. The summed E-state index contributed by atoms with van der Waals surface area (Å²) in [6, 6.07) is 14.0. The topological polar surface area (TPSA) is 59.7 Å². The average molecular weight is 292 g/mol. The van der Waals surface area contributed by atoms with E-state index in [1.165, 1.54) is 0 Å². The minimum Gasteiger partial charge on any atom is -0.356 e. The maximum atomic E-state index is 8.40. The third kappa shape index (κ3) is 1.72. The fourth-order valence-electron chi connectivity index (χ4n) is 3.06. The van der Waals surface area contributed by atoms with Gasteiger partial charge in [0, 0.05) is 12.4 Å². The van der Waals surface area contributed by atoms with Crippen LogP contribution in [0.1, 0.15) is 11.3 Å². The monoisotopic (exact) mass is 292 g/mol. The van der Waals surface area contributed by atoms with Crippen LogP contribution >= 0.6 is 0 Å². The van der Waals surface area contributed by atoms with Crippen LogP contribution in [-0.2, 0) is 13.6 Å². The molecule has 0 fully saturated rings. The molecule has 0 spiro atoms. The van der Waals surface area contributed by atoms with Gasteiger partial charge in [-0.15, -0.1) is 0 Å². The molecule has 5 heteroatoms. The van der Waals surface area contributed by atoms with E-state index < -0.39 is 0 Å². The van der Waals surface area contributed by atoms with E-state index in [9.17, 15) is 0 Å². The summed E-state index contributed by atoms with van der Waals surface area (Å²) in [7, 11) is 1.93. The molecule has 2 heterocycles. The molecule has 0 aliphatic carbocycles. The summed E-state index contributed by atoms with van der Waals surface area (Å²) in [5, 5.41) is 13.6. The Morgan fingerprint density at radius 1 is 1.14 bits per heavy atom. The van der Waals surface area contributed by atoms with Gasteiger partial charge in [0.15, 0.2) is 5.58 Å². The average Bonchev–Trinajstić information content (AvgIpc) is 3.04. The van der Waals surface area contributed by atoms with Gasteiger partial charge in [-0.1, -0.05) is 29.4 Å². The molecule has 0 bridgehead atoms. The fourth-order valence-corrected chi connectivity index (χ4v) is 3.06. The lowest BCUT2D eigenvalue weighted by atomic mass is 10.2. The normalized spacial score (nSPS) is 11.5. The largest absolute Gasteiger partial charge is 0.356 e. The Balaban J connectivity index is 1.94. The number of nitrogens with zero attached hydrogens (tertiary/aromatic N) is 3. The smallest absolute Gasteiger partial charge is 0.203 e. The molecule has 0 radical (unpaired) electrons. The summed E-state index contributed by atoms with van der Waals surface area (Å²) in [4.78, 5) is 0. The van der Waals surface area contributed by atoms with E-state index in [2.05, 4.69) is 18.1 Å². The van der Waals surface area contributed by atoms with Crippen molar-refractivity contribution in [2.45, 2.75) is 13.5 Å². The number of fused-ring (bicyclic) bond motifs is 2. The van der Waals surface area contributed by atoms with E-state index in [0.29, 0.717) is 12.2 Å². The zero-order valence-corrected chi connectivity index (χ0v) is 12.5. The highest BCUT2D eigenvalue weighted by atomic mass is 16.5. The summed E-state index contributed by atoms with van der Waals surface area (Å²) in [6.07, 6.45) is 0. The number of rotatable bonds is 2. The maximum Gasteiger partial charge on any atom is 0.203 e. The van der Waals surface area contributed by atoms with E-state index in [0.717, 1.165) is 33.3 Å². The van der Waals surface area contributed by atoms with Gasteiger partial charge in [-0.3, -0.25) is 5.41 Å². The molecular formula is C17H16N4O. The molecule has 22 heavy (non-hydrogen) atoms. The Kier molecular flexibility index (Phi) is 2.69. The van der Waals surface area contributed by atoms with Crippen molar-refractivity contribution in [3.63, 3.8) is 0 Å². The van der Waals surface area contributed by atoms with Crippen LogP contribution in [0.25, 0.3) is 22.0 Å². The molecule has 2 aromatic carbocycles. The predicted molar refractivity (Wildman–Crippen MR) is 84.6 cm³/mol. The number of aromatic nitrogens is 3. The van der Waals surface area contributed by atoms with E-state index in [1.807, 2.05) is 52.6 Å². The molecule has 5 nitrogen and oxygen atoms in total. The van der Waals surface area contributed by atoms with Crippen molar-refractivity contribution < 1.29 is 4.52 Å². The summed E-state index contributed by atoms with van der Waals surface area (Å²) in [6.45, 7) is 2.59. The van der Waals surface area contributed by atoms with Crippen LogP contribution in [-0.4, -0.2) is 14.3 Å². The van der Waals surface area contributed by atoms with Gasteiger partial charge in [0.25, 0.3) is 0 Å². The Morgan fingerprint density at radius 2 is 1.95 bits per heavy atom. The first kappa shape index (κ1) is 12.9. The highest BCUT2D eigenvalue weighted by molar-refractivity contribution is 5.81. The fraction of sp³-hybridized carbons (Fsp3) is 0.176. The van der Waals surface area contributed by atoms with E-state index in [4.69, 9.17) is 9.93 Å². The van der Waals surface area contributed by atoms with Crippen molar-refractivity contribution in [1.82, 2.24) is 14.3 Å². The molecule has 0 aliphatic heterocycles. The molecule has 1 N–H and O–H groups in total. The summed E-state index contributed by atoms with van der Waals surface area (Å²) in [5.74, 6) is 0. The van der Waals surface area contributed by atoms with Gasteiger partial charge in [-0.25, -0.2) is 0 Å². The van der Waals surface area contributed by atoms with Gasteiger partial charge in [-0.2, -0.15) is 0 Å². The molecule has 110 valence electrons. The van der Waals surface area contributed by atoms with Crippen molar-refractivity contribution in [1.29, 1.82) is 5.41 Å². The SMILES string of the molecule is Cc1cccc2c1n(C)c(=N)n2Cc1noc2ccccc12. The van der Waals surface area contributed by atoms with Crippen molar-refractivity contribution in [3.8, 4) is 0 Å². The number of para-hydroxylation sites is 2. The lowest BCUT2D eigenvalue weighted by Gasteiger charge is -2.02. The Labute approximate surface area is 126 Å². The Morgan fingerprint density at radius 3 is 2.82 bits per heavy atom. The van der Waals surface area contributed by atoms with Crippen molar-refractivity contribution in [2.24, 2.45) is 7.05 Å². The maximum absolute atomic E-state index is 8.40. The second-order valence-corrected chi connectivity index (χ2v) is 5.54. The number of imidazole rings is 1. The molecule has 4 rings (SSSR count). The third-order valence-corrected chi connectivity index (χ3v) is 4.18. The molecule has 0 atom stereocenters. The Bertz CT molecular complexity index is 1050. The second kappa shape index (κ2) is 4.59. The summed E-state index contributed by atoms with van der Waals surface area (Å²) in [5.41, 5.74) is 5.37. The number of benzene rings is 2. The van der Waals surface area contributed by atoms with Crippen molar-refractivity contribution in [3.05, 3.63) is 59.3 Å². The zero-order valence-electron chi connectivity index (χ0n) is 12.5. The van der Waals surface area contributed by atoms with Gasteiger partial charge in [0.1, 0.15) is 5.69 Å². The lowest BCUT2D eigenvalue weighted by molar-refractivity contribution is 0.442. The Hall–Kier alpha value is -2.82. The van der Waals surface area contributed by atoms with Gasteiger partial charge in [0.05, 0.1) is 17.6 Å². The second-order valence-electron chi connectivity index (χ2n) is 5.54. The third-order valence-electron chi connectivity index (χ3n) is 4.18. The van der Waals surface area contributed by atoms with Crippen molar-refractivity contribution in [2.75, 3.05) is 0 Å². The number of hydrogen-bond donors (Lipinski definition) is 1. The summed E-state index contributed by atoms with van der Waals surface area (Å²) < 4.78 is 9.25. The molecule has 0 amide bonds. The molecule has 4 aromatic rings. The lowest BCUT2D eigenvalue weighted by Crippen LogP contribution is -2.23. The van der Waals surface area contributed by atoms with Crippen molar-refractivity contribution >= 4 is 22.0 Å². The number of aryl methyl sites for hydroxylation is 2. The zero-order chi connectivity index (χ0) is 15.3. The van der Waals surface area contributed by atoms with Crippen LogP contribution in [0.15, 0.2) is 47.0 Å². The van der Waals surface area contributed by atoms with Crippen LogP contribution in [0.3, 0.4) is 0 Å². The first-order valence-corrected chi connectivity index (χ1v) is 7.19. The highest BCUT2D eigenvalue weighted by Gasteiger charge is 2.14. The first-order chi connectivity index (χ1) is 10.7. The van der Waals surface area contributed by atoms with Crippen LogP contribution in [0.5, 0.6) is 0 Å². The van der Waals surface area contributed by atoms with Crippen LogP contribution in [0.2, 0.25) is 0 Å². The quantitative estimate of drug-likeness (QED) is 0.617. The van der Waals surface area contributed by atoms with Gasteiger partial charge < -0.3 is 13.7 Å². The van der Waals surface area contributed by atoms with Crippen LogP contribution < -0.4 is 5.62 Å². The number of nitrogens with one attached hydrogen (secondary N) is 1. The molecule has 0 saturated carbocycles. The molecule has 0 unspecified atom stereocenters. The minimum atomic E-state index is 0.455. The van der Waals surface area contributed by atoms with Crippen LogP contribution in [0.4, 0.5) is 0 Å². The van der Waals surface area contributed by atoms with Gasteiger partial charge in [-0.05, 0) is 30.7 Å². The minimum absolute atomic E-state index is 0.455. The molecule has 0 aliphatic rings. The molecule has 0 saturated heterocycles. The van der Waals surface area contributed by atoms with E-state index in [1.54, 1.807) is 0 Å². The van der Waals surface area contributed by atoms with E-state index >= 15 is 0 Å². The van der Waals surface area contributed by atoms with Crippen LogP contribution in [0, 0.1) is 12.3 Å². The predicted octanol–water partition coefficient (Wildman–Crippen LogP) is 2.96. The standard InChI is InChI=1S/C17H16N4O/c1-11-6-5-8-14-16(11)20(2)17(18)21(14)10-13-12-7-3-4-9-15(12)22-19-13/h3-9,18H,10H2,1-2H3.